The standard InChI is InChI=1S/C24H28ClN3O6/c1-16(24(30)26-19-5-3-4-6-19)27(14-17-7-9-18(25)10-8-17)23(29)15-34-20-11-12-21(28(31)32)22(13-20)33-2/h7-13,16,19H,3-6,14-15H2,1-2H3,(H,26,30). The second-order valence-electron chi connectivity index (χ2n) is 8.19. The number of rotatable bonds is 10. The molecule has 0 bridgehead atoms. The number of nitro benzene ring substituents is 1. The summed E-state index contributed by atoms with van der Waals surface area (Å²) in [6.45, 7) is 1.53. The Morgan fingerprint density at radius 1 is 1.21 bits per heavy atom. The molecule has 34 heavy (non-hydrogen) atoms. The molecule has 0 heterocycles. The first-order valence-electron chi connectivity index (χ1n) is 11.1. The van der Waals surface area contributed by atoms with Crippen LogP contribution in [0.5, 0.6) is 11.5 Å². The first-order valence-corrected chi connectivity index (χ1v) is 11.5. The highest BCUT2D eigenvalue weighted by molar-refractivity contribution is 6.30. The normalized spacial score (nSPS) is 14.3. The fraction of sp³-hybridized carbons (Fsp3) is 0.417. The van der Waals surface area contributed by atoms with E-state index in [4.69, 9.17) is 21.1 Å². The minimum absolute atomic E-state index is 0.0253. The lowest BCUT2D eigenvalue weighted by Crippen LogP contribution is -2.50. The summed E-state index contributed by atoms with van der Waals surface area (Å²) in [6.07, 6.45) is 4.04. The van der Waals surface area contributed by atoms with Crippen LogP contribution in [0.2, 0.25) is 5.02 Å². The van der Waals surface area contributed by atoms with Crippen molar-refractivity contribution in [3.63, 3.8) is 0 Å². The topological polar surface area (TPSA) is 111 Å². The van der Waals surface area contributed by atoms with Gasteiger partial charge in [-0.1, -0.05) is 36.6 Å². The van der Waals surface area contributed by atoms with Gasteiger partial charge in [0, 0.05) is 29.7 Å². The number of hydrogen-bond donors (Lipinski definition) is 1. The number of carbonyl (C=O) groups is 2. The molecule has 0 aromatic heterocycles. The molecule has 0 radical (unpaired) electrons. The van der Waals surface area contributed by atoms with Crippen LogP contribution in [0.1, 0.15) is 38.2 Å². The molecule has 3 rings (SSSR count). The first-order chi connectivity index (χ1) is 16.3. The lowest BCUT2D eigenvalue weighted by molar-refractivity contribution is -0.385. The molecule has 182 valence electrons. The second kappa shape index (κ2) is 11.7. The molecule has 1 saturated carbocycles. The molecular weight excluding hydrogens is 462 g/mol. The molecule has 1 fully saturated rings. The van der Waals surface area contributed by atoms with E-state index in [-0.39, 0.29) is 42.3 Å². The molecule has 1 aliphatic rings. The number of benzene rings is 2. The van der Waals surface area contributed by atoms with Crippen molar-refractivity contribution in [2.45, 2.75) is 51.2 Å². The van der Waals surface area contributed by atoms with Gasteiger partial charge in [-0.05, 0) is 43.5 Å². The number of amides is 2. The third kappa shape index (κ3) is 6.60. The Labute approximate surface area is 203 Å². The Bertz CT molecular complexity index is 1020. The molecule has 1 N–H and O–H groups in total. The van der Waals surface area contributed by atoms with E-state index in [9.17, 15) is 19.7 Å². The summed E-state index contributed by atoms with van der Waals surface area (Å²) >= 11 is 5.97. The average Bonchev–Trinajstić information content (AvgIpc) is 3.34. The monoisotopic (exact) mass is 489 g/mol. The van der Waals surface area contributed by atoms with Gasteiger partial charge in [0.2, 0.25) is 11.7 Å². The Balaban J connectivity index is 1.73. The van der Waals surface area contributed by atoms with Gasteiger partial charge in [0.05, 0.1) is 12.0 Å². The molecule has 0 spiro atoms. The smallest absolute Gasteiger partial charge is 0.311 e. The molecule has 1 atom stereocenters. The fourth-order valence-electron chi connectivity index (χ4n) is 3.89. The fourth-order valence-corrected chi connectivity index (χ4v) is 4.01. The van der Waals surface area contributed by atoms with Gasteiger partial charge in [-0.25, -0.2) is 0 Å². The number of hydrogen-bond acceptors (Lipinski definition) is 6. The molecule has 10 heteroatoms. The third-order valence-corrected chi connectivity index (χ3v) is 6.10. The molecule has 2 amide bonds. The van der Waals surface area contributed by atoms with Gasteiger partial charge in [0.25, 0.3) is 5.91 Å². The number of halogens is 1. The highest BCUT2D eigenvalue weighted by Gasteiger charge is 2.29. The van der Waals surface area contributed by atoms with E-state index in [2.05, 4.69) is 5.32 Å². The van der Waals surface area contributed by atoms with Gasteiger partial charge in [0.1, 0.15) is 11.8 Å². The molecule has 2 aromatic rings. The van der Waals surface area contributed by atoms with E-state index >= 15 is 0 Å². The summed E-state index contributed by atoms with van der Waals surface area (Å²) in [4.78, 5) is 38.0. The van der Waals surface area contributed by atoms with Crippen molar-refractivity contribution in [2.75, 3.05) is 13.7 Å². The van der Waals surface area contributed by atoms with Crippen LogP contribution in [0.3, 0.4) is 0 Å². The van der Waals surface area contributed by atoms with Crippen LogP contribution in [0.4, 0.5) is 5.69 Å². The highest BCUT2D eigenvalue weighted by Crippen LogP contribution is 2.30. The van der Waals surface area contributed by atoms with E-state index in [0.29, 0.717) is 5.02 Å². The Kier molecular flexibility index (Phi) is 8.70. The summed E-state index contributed by atoms with van der Waals surface area (Å²) in [5, 5.41) is 14.7. The van der Waals surface area contributed by atoms with Crippen LogP contribution < -0.4 is 14.8 Å². The zero-order chi connectivity index (χ0) is 24.7. The number of methoxy groups -OCH3 is 1. The molecule has 0 aliphatic heterocycles. The summed E-state index contributed by atoms with van der Waals surface area (Å²) < 4.78 is 10.6. The quantitative estimate of drug-likeness (QED) is 0.397. The van der Waals surface area contributed by atoms with E-state index in [1.807, 2.05) is 0 Å². The van der Waals surface area contributed by atoms with E-state index in [1.165, 1.54) is 30.2 Å². The third-order valence-electron chi connectivity index (χ3n) is 5.85. The van der Waals surface area contributed by atoms with Crippen molar-refractivity contribution in [1.82, 2.24) is 10.2 Å². The molecule has 1 unspecified atom stereocenters. The van der Waals surface area contributed by atoms with Crippen LogP contribution in [0.15, 0.2) is 42.5 Å². The van der Waals surface area contributed by atoms with Crippen LogP contribution in [0, 0.1) is 10.1 Å². The van der Waals surface area contributed by atoms with Gasteiger partial charge in [-0.2, -0.15) is 0 Å². The van der Waals surface area contributed by atoms with Crippen LogP contribution >= 0.6 is 11.6 Å². The van der Waals surface area contributed by atoms with Crippen LogP contribution in [-0.2, 0) is 16.1 Å². The maximum Gasteiger partial charge on any atom is 0.311 e. The van der Waals surface area contributed by atoms with E-state index in [0.717, 1.165) is 31.2 Å². The number of ether oxygens (including phenoxy) is 2. The van der Waals surface area contributed by atoms with Crippen molar-refractivity contribution >= 4 is 29.1 Å². The van der Waals surface area contributed by atoms with Gasteiger partial charge in [-0.3, -0.25) is 19.7 Å². The van der Waals surface area contributed by atoms with Gasteiger partial charge in [0.15, 0.2) is 6.61 Å². The SMILES string of the molecule is COc1cc(OCC(=O)N(Cc2ccc(Cl)cc2)C(C)C(=O)NC2CCCC2)ccc1[N+](=O)[O-]. The highest BCUT2D eigenvalue weighted by atomic mass is 35.5. The summed E-state index contributed by atoms with van der Waals surface area (Å²) in [5.41, 5.74) is 0.609. The Hall–Kier alpha value is -3.33. The number of nitro groups is 1. The Morgan fingerprint density at radius 3 is 2.50 bits per heavy atom. The van der Waals surface area contributed by atoms with E-state index < -0.39 is 16.9 Å². The van der Waals surface area contributed by atoms with Gasteiger partial charge < -0.3 is 19.7 Å². The number of nitrogens with one attached hydrogen (secondary N) is 1. The maximum atomic E-state index is 13.2. The summed E-state index contributed by atoms with van der Waals surface area (Å²) in [5.74, 6) is -0.352. The minimum Gasteiger partial charge on any atom is -0.490 e. The van der Waals surface area contributed by atoms with Gasteiger partial charge in [-0.15, -0.1) is 0 Å². The van der Waals surface area contributed by atoms with Crippen molar-refractivity contribution in [3.05, 3.63) is 63.2 Å². The predicted molar refractivity (Wildman–Crippen MR) is 127 cm³/mol. The first kappa shape index (κ1) is 25.3. The molecular formula is C24H28ClN3O6. The van der Waals surface area contributed by atoms with Gasteiger partial charge >= 0.3 is 5.69 Å². The van der Waals surface area contributed by atoms with Crippen LogP contribution in [0.25, 0.3) is 0 Å². The molecule has 9 nitrogen and oxygen atoms in total. The summed E-state index contributed by atoms with van der Waals surface area (Å²) in [7, 11) is 1.32. The van der Waals surface area contributed by atoms with E-state index in [1.54, 1.807) is 31.2 Å². The van der Waals surface area contributed by atoms with Crippen molar-refractivity contribution in [1.29, 1.82) is 0 Å². The Morgan fingerprint density at radius 2 is 1.88 bits per heavy atom. The average molecular weight is 490 g/mol. The van der Waals surface area contributed by atoms with Crippen LogP contribution in [-0.4, -0.2) is 47.4 Å². The lowest BCUT2D eigenvalue weighted by Gasteiger charge is -2.29. The molecule has 0 saturated heterocycles. The largest absolute Gasteiger partial charge is 0.490 e. The molecule has 2 aromatic carbocycles. The summed E-state index contributed by atoms with van der Waals surface area (Å²) in [6, 6.07) is 10.5. The van der Waals surface area contributed by atoms with Crippen molar-refractivity contribution in [2.24, 2.45) is 0 Å². The van der Waals surface area contributed by atoms with Crippen molar-refractivity contribution in [3.8, 4) is 11.5 Å². The number of nitrogens with zero attached hydrogens (tertiary/aromatic N) is 2. The second-order valence-corrected chi connectivity index (χ2v) is 8.63. The van der Waals surface area contributed by atoms with Crippen molar-refractivity contribution < 1.29 is 24.0 Å². The molecule has 1 aliphatic carbocycles. The predicted octanol–water partition coefficient (Wildman–Crippen LogP) is 4.11. The zero-order valence-corrected chi connectivity index (χ0v) is 19.9. The number of carbonyl (C=O) groups excluding carboxylic acids is 2. The minimum atomic E-state index is -0.723. The zero-order valence-electron chi connectivity index (χ0n) is 19.2. The maximum absolute atomic E-state index is 13.2. The lowest BCUT2D eigenvalue weighted by atomic mass is 10.1.